The molecule has 0 spiro atoms. The number of benzene rings is 1. The van der Waals surface area contributed by atoms with Crippen molar-refractivity contribution in [3.63, 3.8) is 0 Å². The number of esters is 1. The summed E-state index contributed by atoms with van der Waals surface area (Å²) in [7, 11) is 3.25. The van der Waals surface area contributed by atoms with Crippen molar-refractivity contribution in [2.75, 3.05) is 20.8 Å². The van der Waals surface area contributed by atoms with Crippen LogP contribution in [0.4, 0.5) is 0 Å². The van der Waals surface area contributed by atoms with Crippen molar-refractivity contribution in [3.8, 4) is 17.2 Å². The van der Waals surface area contributed by atoms with E-state index in [1.807, 2.05) is 37.3 Å². The van der Waals surface area contributed by atoms with Crippen LogP contribution in [-0.4, -0.2) is 47.2 Å². The van der Waals surface area contributed by atoms with Gasteiger partial charge in [-0.3, -0.25) is 14.8 Å². The Morgan fingerprint density at radius 2 is 2.09 bits per heavy atom. The molecule has 0 fully saturated rings. The zero-order valence-electron chi connectivity index (χ0n) is 18.2. The third-order valence-corrected chi connectivity index (χ3v) is 5.87. The van der Waals surface area contributed by atoms with Gasteiger partial charge in [-0.25, -0.2) is 0 Å². The molecule has 1 atom stereocenters. The van der Waals surface area contributed by atoms with Gasteiger partial charge in [-0.2, -0.15) is 0 Å². The van der Waals surface area contributed by atoms with Gasteiger partial charge in [-0.15, -0.1) is 0 Å². The van der Waals surface area contributed by atoms with E-state index in [1.165, 1.54) is 11.8 Å². The van der Waals surface area contributed by atoms with Gasteiger partial charge in [-0.05, 0) is 30.7 Å². The van der Waals surface area contributed by atoms with Crippen molar-refractivity contribution in [1.29, 1.82) is 0 Å². The summed E-state index contributed by atoms with van der Waals surface area (Å²) < 4.78 is 22.1. The molecule has 1 unspecified atom stereocenters. The molecule has 0 saturated heterocycles. The lowest BCUT2D eigenvalue weighted by atomic mass is 10.2. The van der Waals surface area contributed by atoms with Gasteiger partial charge in [0.15, 0.2) is 5.44 Å². The maximum atomic E-state index is 11.8. The first-order valence-electron chi connectivity index (χ1n) is 10.3. The minimum atomic E-state index is -0.287. The number of aromatic amines is 1. The molecule has 0 saturated carbocycles. The van der Waals surface area contributed by atoms with Gasteiger partial charge in [0, 0.05) is 25.0 Å². The van der Waals surface area contributed by atoms with Crippen molar-refractivity contribution in [2.24, 2.45) is 4.99 Å². The van der Waals surface area contributed by atoms with Crippen LogP contribution >= 0.6 is 11.8 Å². The van der Waals surface area contributed by atoms with E-state index >= 15 is 0 Å². The van der Waals surface area contributed by atoms with Crippen LogP contribution in [0.25, 0.3) is 10.9 Å². The number of rotatable bonds is 9. The van der Waals surface area contributed by atoms with E-state index in [1.54, 1.807) is 20.4 Å². The number of pyridine rings is 1. The van der Waals surface area contributed by atoms with Gasteiger partial charge >= 0.3 is 5.97 Å². The normalized spacial score (nSPS) is 15.6. The average Bonchev–Trinajstić information content (AvgIpc) is 3.42. The Balaban J connectivity index is 1.52. The highest BCUT2D eigenvalue weighted by Gasteiger charge is 2.25. The largest absolute Gasteiger partial charge is 0.494 e. The SMILES string of the molecule is CCCC(=O)OC1CN=C(c2cc3cc(Oc4ccc(COC)nc4)cc(OC)c3[nH]2)S1. The van der Waals surface area contributed by atoms with Gasteiger partial charge in [0.2, 0.25) is 0 Å². The molecule has 2 aromatic heterocycles. The molecule has 1 aliphatic heterocycles. The van der Waals surface area contributed by atoms with Crippen LogP contribution in [0.15, 0.2) is 41.5 Å². The summed E-state index contributed by atoms with van der Waals surface area (Å²) in [4.78, 5) is 24.0. The fourth-order valence-corrected chi connectivity index (χ4v) is 4.28. The molecular formula is C23H25N3O5S. The van der Waals surface area contributed by atoms with E-state index in [0.717, 1.165) is 33.8 Å². The summed E-state index contributed by atoms with van der Waals surface area (Å²) in [5.41, 5.74) is 2.24. The van der Waals surface area contributed by atoms with E-state index < -0.39 is 0 Å². The van der Waals surface area contributed by atoms with Crippen LogP contribution in [0.1, 0.15) is 31.2 Å². The molecule has 0 bridgehead atoms. The van der Waals surface area contributed by atoms with E-state index in [0.29, 0.717) is 36.8 Å². The lowest BCUT2D eigenvalue weighted by molar-refractivity contribution is -0.144. The summed E-state index contributed by atoms with van der Waals surface area (Å²) in [6, 6.07) is 9.46. The molecule has 32 heavy (non-hydrogen) atoms. The second-order valence-electron chi connectivity index (χ2n) is 7.23. The Labute approximate surface area is 190 Å². The number of methoxy groups -OCH3 is 2. The maximum absolute atomic E-state index is 11.8. The molecule has 1 N–H and O–H groups in total. The Kier molecular flexibility index (Phi) is 6.96. The quantitative estimate of drug-likeness (QED) is 0.468. The van der Waals surface area contributed by atoms with Crippen molar-refractivity contribution in [3.05, 3.63) is 47.9 Å². The molecule has 3 heterocycles. The number of fused-ring (bicyclic) bond motifs is 1. The van der Waals surface area contributed by atoms with Crippen LogP contribution in [0.3, 0.4) is 0 Å². The van der Waals surface area contributed by atoms with Gasteiger partial charge in [0.05, 0.1) is 43.4 Å². The van der Waals surface area contributed by atoms with Crippen molar-refractivity contribution < 1.29 is 23.7 Å². The Morgan fingerprint density at radius 3 is 2.81 bits per heavy atom. The number of H-pyrrole nitrogens is 1. The number of hydrogen-bond donors (Lipinski definition) is 1. The predicted molar refractivity (Wildman–Crippen MR) is 124 cm³/mol. The van der Waals surface area contributed by atoms with E-state index in [-0.39, 0.29) is 11.4 Å². The number of aliphatic imine (C=N–C) groups is 1. The fourth-order valence-electron chi connectivity index (χ4n) is 3.34. The second-order valence-corrected chi connectivity index (χ2v) is 8.37. The Bertz CT molecular complexity index is 1130. The molecule has 8 nitrogen and oxygen atoms in total. The number of carbonyl (C=O) groups is 1. The van der Waals surface area contributed by atoms with Crippen LogP contribution < -0.4 is 9.47 Å². The maximum Gasteiger partial charge on any atom is 0.306 e. The van der Waals surface area contributed by atoms with E-state index in [9.17, 15) is 4.79 Å². The summed E-state index contributed by atoms with van der Waals surface area (Å²) in [6.45, 7) is 2.85. The molecular weight excluding hydrogens is 430 g/mol. The third kappa shape index (κ3) is 5.05. The molecule has 0 aliphatic carbocycles. The van der Waals surface area contributed by atoms with Gasteiger partial charge in [0.25, 0.3) is 0 Å². The molecule has 4 rings (SSSR count). The summed E-state index contributed by atoms with van der Waals surface area (Å²) in [6.07, 6.45) is 2.85. The number of aromatic nitrogens is 2. The molecule has 3 aromatic rings. The van der Waals surface area contributed by atoms with Crippen molar-refractivity contribution >= 4 is 33.7 Å². The van der Waals surface area contributed by atoms with Gasteiger partial charge < -0.3 is 23.9 Å². The molecule has 1 aliphatic rings. The van der Waals surface area contributed by atoms with Crippen LogP contribution in [0.2, 0.25) is 0 Å². The molecule has 9 heteroatoms. The minimum absolute atomic E-state index is 0.189. The zero-order chi connectivity index (χ0) is 22.5. The van der Waals surface area contributed by atoms with Gasteiger partial charge in [-0.1, -0.05) is 18.7 Å². The Hall–Kier alpha value is -3.04. The highest BCUT2D eigenvalue weighted by atomic mass is 32.2. The first-order valence-corrected chi connectivity index (χ1v) is 11.2. The van der Waals surface area contributed by atoms with Crippen LogP contribution in [0, 0.1) is 0 Å². The minimum Gasteiger partial charge on any atom is -0.494 e. The molecule has 0 radical (unpaired) electrons. The predicted octanol–water partition coefficient (Wildman–Crippen LogP) is 4.67. The average molecular weight is 456 g/mol. The first kappa shape index (κ1) is 22.2. The van der Waals surface area contributed by atoms with Crippen LogP contribution in [-0.2, 0) is 20.9 Å². The van der Waals surface area contributed by atoms with Crippen molar-refractivity contribution in [1.82, 2.24) is 9.97 Å². The standard InChI is InChI=1S/C23H25N3O5S/c1-4-5-20(27)31-21-12-25-23(32-21)18-9-14-8-17(10-19(29-3)22(14)26-18)30-16-7-6-15(13-28-2)24-11-16/h6-11,21,26H,4-5,12-13H2,1-3H3. The number of ether oxygens (including phenoxy) is 4. The molecule has 0 amide bonds. The van der Waals surface area contributed by atoms with Gasteiger partial charge in [0.1, 0.15) is 22.3 Å². The topological polar surface area (TPSA) is 95.0 Å². The highest BCUT2D eigenvalue weighted by Crippen LogP contribution is 2.35. The first-order chi connectivity index (χ1) is 15.6. The summed E-state index contributed by atoms with van der Waals surface area (Å²) in [5.74, 6) is 1.72. The number of thioether (sulfide) groups is 1. The Morgan fingerprint density at radius 1 is 1.22 bits per heavy atom. The van der Waals surface area contributed by atoms with Crippen LogP contribution in [0.5, 0.6) is 17.2 Å². The summed E-state index contributed by atoms with van der Waals surface area (Å²) >= 11 is 1.44. The van der Waals surface area contributed by atoms with E-state index in [4.69, 9.17) is 18.9 Å². The van der Waals surface area contributed by atoms with Crippen molar-refractivity contribution in [2.45, 2.75) is 31.8 Å². The molecule has 168 valence electrons. The smallest absolute Gasteiger partial charge is 0.306 e. The monoisotopic (exact) mass is 455 g/mol. The lowest BCUT2D eigenvalue weighted by Gasteiger charge is -2.09. The number of nitrogens with one attached hydrogen (secondary N) is 1. The number of hydrogen-bond acceptors (Lipinski definition) is 8. The van der Waals surface area contributed by atoms with E-state index in [2.05, 4.69) is 15.0 Å². The number of nitrogens with zero attached hydrogens (tertiary/aromatic N) is 2. The fraction of sp³-hybridized carbons (Fsp3) is 0.348. The molecule has 1 aromatic carbocycles. The zero-order valence-corrected chi connectivity index (χ0v) is 19.0. The summed E-state index contributed by atoms with van der Waals surface area (Å²) in [5, 5.41) is 1.73. The number of carbonyl (C=O) groups excluding carboxylic acids is 1. The third-order valence-electron chi connectivity index (χ3n) is 4.79. The highest BCUT2D eigenvalue weighted by molar-refractivity contribution is 8.15. The lowest BCUT2D eigenvalue weighted by Crippen LogP contribution is -2.15. The second kappa shape index (κ2) is 10.1.